The van der Waals surface area contributed by atoms with Gasteiger partial charge in [-0.05, 0) is 48.0 Å². The summed E-state index contributed by atoms with van der Waals surface area (Å²) in [5, 5.41) is 18.3. The van der Waals surface area contributed by atoms with Crippen molar-refractivity contribution in [2.24, 2.45) is 0 Å². The minimum Gasteiger partial charge on any atom is -0.486 e. The summed E-state index contributed by atoms with van der Waals surface area (Å²) in [6.45, 7) is 4.45. The molecule has 2 aliphatic rings. The van der Waals surface area contributed by atoms with Gasteiger partial charge < -0.3 is 25.2 Å². The number of aliphatic hydroxyl groups excluding tert-OH is 1. The van der Waals surface area contributed by atoms with E-state index in [4.69, 9.17) is 21.1 Å². The smallest absolute Gasteiger partial charge is 0.332 e. The quantitative estimate of drug-likeness (QED) is 0.170. The number of benzene rings is 2. The summed E-state index contributed by atoms with van der Waals surface area (Å²) in [5.41, 5.74) is 3.69. The Morgan fingerprint density at radius 3 is 2.70 bits per heavy atom. The highest BCUT2D eigenvalue weighted by atomic mass is 35.5. The molecule has 0 radical (unpaired) electrons. The molecule has 5 heterocycles. The number of ether oxygens (including phenoxy) is 2. The number of rotatable bonds is 9. The van der Waals surface area contributed by atoms with Crippen LogP contribution >= 0.6 is 22.9 Å². The zero-order valence-corrected chi connectivity index (χ0v) is 25.0. The lowest BCUT2D eigenvalue weighted by Gasteiger charge is -2.28. The third-order valence-corrected chi connectivity index (χ3v) is 8.88. The Bertz CT molecular complexity index is 1800. The molecule has 224 valence electrons. The van der Waals surface area contributed by atoms with Gasteiger partial charge in [-0.3, -0.25) is 9.88 Å². The fourth-order valence-corrected chi connectivity index (χ4v) is 6.51. The van der Waals surface area contributed by atoms with E-state index in [9.17, 15) is 9.90 Å². The van der Waals surface area contributed by atoms with Crippen LogP contribution in [0.15, 0.2) is 73.2 Å². The molecule has 44 heavy (non-hydrogen) atoms. The number of pyridine rings is 1. The van der Waals surface area contributed by atoms with Crippen molar-refractivity contribution >= 4 is 62.1 Å². The molecule has 1 unspecified atom stereocenters. The number of carbonyl (C=O) groups is 1. The van der Waals surface area contributed by atoms with E-state index in [0.717, 1.165) is 44.2 Å². The topological polar surface area (TPSA) is 125 Å². The summed E-state index contributed by atoms with van der Waals surface area (Å²) in [4.78, 5) is 31.6. The maximum Gasteiger partial charge on any atom is 0.332 e. The van der Waals surface area contributed by atoms with E-state index >= 15 is 0 Å². The van der Waals surface area contributed by atoms with Crippen LogP contribution in [0, 0.1) is 0 Å². The summed E-state index contributed by atoms with van der Waals surface area (Å²) in [6, 6.07) is 18.2. The highest BCUT2D eigenvalue weighted by molar-refractivity contribution is 7.19. The number of amides is 2. The number of carbonyl (C=O) groups excluding carboxylic acids is 1. The van der Waals surface area contributed by atoms with Crippen molar-refractivity contribution in [1.29, 1.82) is 0 Å². The molecule has 3 aromatic heterocycles. The van der Waals surface area contributed by atoms with E-state index < -0.39 is 12.3 Å². The molecule has 7 rings (SSSR count). The van der Waals surface area contributed by atoms with Gasteiger partial charge in [-0.2, -0.15) is 0 Å². The van der Waals surface area contributed by atoms with Gasteiger partial charge in [0.15, 0.2) is 12.0 Å². The van der Waals surface area contributed by atoms with Crippen LogP contribution in [0.3, 0.4) is 0 Å². The van der Waals surface area contributed by atoms with Crippen LogP contribution in [-0.4, -0.2) is 57.3 Å². The molecular weight excluding hydrogens is 602 g/mol. The zero-order chi connectivity index (χ0) is 30.0. The highest BCUT2D eigenvalue weighted by Crippen LogP contribution is 2.47. The fraction of sp³-hybridized carbons (Fsp3) is 0.226. The van der Waals surface area contributed by atoms with Crippen molar-refractivity contribution in [3.8, 4) is 5.75 Å². The number of nitrogens with one attached hydrogen (secondary N) is 2. The van der Waals surface area contributed by atoms with Gasteiger partial charge >= 0.3 is 6.03 Å². The number of thiophene rings is 1. The number of urea groups is 1. The number of hydrogen-bond acceptors (Lipinski definition) is 10. The largest absolute Gasteiger partial charge is 0.486 e. The second kappa shape index (κ2) is 12.3. The first-order valence-electron chi connectivity index (χ1n) is 14.1. The third-order valence-electron chi connectivity index (χ3n) is 7.43. The molecule has 13 heteroatoms. The summed E-state index contributed by atoms with van der Waals surface area (Å²) in [5.74, 6) is 0.863. The van der Waals surface area contributed by atoms with E-state index in [1.165, 1.54) is 28.1 Å². The van der Waals surface area contributed by atoms with Crippen LogP contribution in [0.1, 0.15) is 22.4 Å². The SMILES string of the molecule is O=C1Nc2c(C(O)Nc3ccc(CN4CCOCC4)cc3)sc3ncnc(c23)N1c1ccc(OCc2ccccn2)c(Cl)c1. The lowest BCUT2D eigenvalue weighted by atomic mass is 10.1. The van der Waals surface area contributed by atoms with Gasteiger partial charge in [0.25, 0.3) is 0 Å². The first-order valence-corrected chi connectivity index (χ1v) is 15.3. The average molecular weight is 630 g/mol. The number of halogens is 1. The molecule has 1 fully saturated rings. The fourth-order valence-electron chi connectivity index (χ4n) is 5.25. The lowest BCUT2D eigenvalue weighted by Crippen LogP contribution is -2.35. The maximum absolute atomic E-state index is 13.5. The molecule has 2 aromatic carbocycles. The number of morpholine rings is 1. The molecule has 3 N–H and O–H groups in total. The van der Waals surface area contributed by atoms with Gasteiger partial charge in [0.1, 0.15) is 23.5 Å². The molecule has 0 spiro atoms. The Hall–Kier alpha value is -4.33. The monoisotopic (exact) mass is 629 g/mol. The molecule has 0 aliphatic carbocycles. The number of anilines is 4. The Kier molecular flexibility index (Phi) is 7.98. The lowest BCUT2D eigenvalue weighted by molar-refractivity contribution is 0.0342. The molecule has 0 saturated carbocycles. The number of nitrogens with zero attached hydrogens (tertiary/aromatic N) is 5. The summed E-state index contributed by atoms with van der Waals surface area (Å²) in [6.07, 6.45) is 2.02. The Labute approximate surface area is 262 Å². The van der Waals surface area contributed by atoms with Crippen molar-refractivity contribution in [2.75, 3.05) is 41.8 Å². The maximum atomic E-state index is 13.5. The Morgan fingerprint density at radius 1 is 1.09 bits per heavy atom. The molecule has 1 atom stereocenters. The van der Waals surface area contributed by atoms with Crippen LogP contribution in [0.2, 0.25) is 5.02 Å². The minimum atomic E-state index is -1.08. The van der Waals surface area contributed by atoms with Crippen molar-refractivity contribution < 1.29 is 19.4 Å². The van der Waals surface area contributed by atoms with E-state index in [-0.39, 0.29) is 6.61 Å². The normalized spacial score (nSPS) is 15.7. The van der Waals surface area contributed by atoms with E-state index in [1.54, 1.807) is 24.4 Å². The molecule has 5 aromatic rings. The summed E-state index contributed by atoms with van der Waals surface area (Å²) < 4.78 is 11.3. The van der Waals surface area contributed by atoms with E-state index in [2.05, 4.69) is 30.5 Å². The molecule has 2 aliphatic heterocycles. The van der Waals surface area contributed by atoms with Gasteiger partial charge in [-0.15, -0.1) is 11.3 Å². The number of aromatic nitrogens is 3. The van der Waals surface area contributed by atoms with Gasteiger partial charge in [0, 0.05) is 31.5 Å². The number of hydrogen-bond donors (Lipinski definition) is 3. The Morgan fingerprint density at radius 2 is 1.93 bits per heavy atom. The van der Waals surface area contributed by atoms with E-state index in [0.29, 0.717) is 43.1 Å². The third kappa shape index (κ3) is 5.77. The molecule has 1 saturated heterocycles. The van der Waals surface area contributed by atoms with Gasteiger partial charge in [0.05, 0.1) is 45.6 Å². The first-order chi connectivity index (χ1) is 21.5. The summed E-state index contributed by atoms with van der Waals surface area (Å²) >= 11 is 7.85. The average Bonchev–Trinajstić information content (AvgIpc) is 3.42. The van der Waals surface area contributed by atoms with Crippen molar-refractivity contribution in [2.45, 2.75) is 19.4 Å². The number of aliphatic hydroxyl groups is 1. The first kappa shape index (κ1) is 28.4. The van der Waals surface area contributed by atoms with Gasteiger partial charge in [-0.25, -0.2) is 19.7 Å². The van der Waals surface area contributed by atoms with Crippen LogP contribution in [-0.2, 0) is 17.9 Å². The second-order valence-electron chi connectivity index (χ2n) is 10.3. The van der Waals surface area contributed by atoms with Gasteiger partial charge in [0.2, 0.25) is 0 Å². The minimum absolute atomic E-state index is 0.257. The zero-order valence-electron chi connectivity index (χ0n) is 23.4. The standard InChI is InChI=1S/C31H28ClN7O4S/c32-23-15-22(8-9-24(23)43-17-21-3-1-2-10-33-21)39-28-25-26(37-31(39)41)27(44-30(25)35-18-34-28)29(40)36-20-6-4-19(5-7-20)16-38-11-13-42-14-12-38/h1-10,15,18,29,36,40H,11-14,16-17H2,(H,37,41). The Balaban J connectivity index is 1.10. The molecule has 0 bridgehead atoms. The molecule has 11 nitrogen and oxygen atoms in total. The predicted octanol–water partition coefficient (Wildman–Crippen LogP) is 5.94. The van der Waals surface area contributed by atoms with Crippen LogP contribution in [0.25, 0.3) is 10.2 Å². The molecular formula is C31H28ClN7O4S. The predicted molar refractivity (Wildman–Crippen MR) is 170 cm³/mol. The summed E-state index contributed by atoms with van der Waals surface area (Å²) in [7, 11) is 0. The van der Waals surface area contributed by atoms with Crippen molar-refractivity contribution in [1.82, 2.24) is 19.9 Å². The van der Waals surface area contributed by atoms with Crippen LogP contribution in [0.5, 0.6) is 5.75 Å². The van der Waals surface area contributed by atoms with Gasteiger partial charge in [-0.1, -0.05) is 29.8 Å². The van der Waals surface area contributed by atoms with E-state index in [1.807, 2.05) is 42.5 Å². The van der Waals surface area contributed by atoms with Crippen molar-refractivity contribution in [3.63, 3.8) is 0 Å². The molecule has 2 amide bonds. The second-order valence-corrected chi connectivity index (χ2v) is 11.8. The van der Waals surface area contributed by atoms with Crippen molar-refractivity contribution in [3.05, 3.63) is 94.3 Å². The highest BCUT2D eigenvalue weighted by Gasteiger charge is 2.34. The van der Waals surface area contributed by atoms with Crippen LogP contribution in [0.4, 0.5) is 27.7 Å². The van der Waals surface area contributed by atoms with Crippen LogP contribution < -0.4 is 20.3 Å².